The van der Waals surface area contributed by atoms with Gasteiger partial charge in [0, 0.05) is 31.5 Å². The van der Waals surface area contributed by atoms with Crippen molar-refractivity contribution >= 4 is 17.7 Å². The molecule has 146 valence electrons. The first-order valence-corrected chi connectivity index (χ1v) is 9.26. The highest BCUT2D eigenvalue weighted by Crippen LogP contribution is 2.29. The molecule has 2 aromatic rings. The summed E-state index contributed by atoms with van der Waals surface area (Å²) in [7, 11) is 4.02. The predicted octanol–water partition coefficient (Wildman–Crippen LogP) is 0.132. The molecule has 0 spiro atoms. The van der Waals surface area contributed by atoms with Crippen molar-refractivity contribution in [1.82, 2.24) is 30.1 Å². The summed E-state index contributed by atoms with van der Waals surface area (Å²) in [4.78, 5) is 39.9. The molecule has 28 heavy (non-hydrogen) atoms. The highest BCUT2D eigenvalue weighted by molar-refractivity contribution is 6.05. The van der Waals surface area contributed by atoms with Gasteiger partial charge < -0.3 is 9.80 Å². The first-order chi connectivity index (χ1) is 13.4. The number of hydrogen-bond acceptors (Lipinski definition) is 6. The van der Waals surface area contributed by atoms with Crippen molar-refractivity contribution in [3.8, 4) is 5.69 Å². The quantitative estimate of drug-likeness (QED) is 0.738. The molecule has 4 rings (SSSR count). The Balaban J connectivity index is 1.53. The molecule has 1 aromatic carbocycles. The Morgan fingerprint density at radius 1 is 1.25 bits per heavy atom. The van der Waals surface area contributed by atoms with E-state index in [-0.39, 0.29) is 18.2 Å². The van der Waals surface area contributed by atoms with E-state index in [9.17, 15) is 14.4 Å². The second-order valence-electron chi connectivity index (χ2n) is 7.45. The lowest BCUT2D eigenvalue weighted by Crippen LogP contribution is -2.52. The third-order valence-corrected chi connectivity index (χ3v) is 5.13. The second kappa shape index (κ2) is 7.16. The Morgan fingerprint density at radius 3 is 2.82 bits per heavy atom. The van der Waals surface area contributed by atoms with Crippen LogP contribution in [-0.4, -0.2) is 69.2 Å². The molecule has 0 saturated carbocycles. The Morgan fingerprint density at radius 2 is 2.07 bits per heavy atom. The molecule has 0 aliphatic carbocycles. The SMILES string of the molecule is CN(C)CCc1cn(-c2ccc3c(c2)CN(C2CCC(=O)NC2=O)C3=O)nn1. The van der Waals surface area contributed by atoms with Crippen molar-refractivity contribution in [3.63, 3.8) is 0 Å². The fourth-order valence-corrected chi connectivity index (χ4v) is 3.58. The molecule has 0 bridgehead atoms. The average Bonchev–Trinajstić information content (AvgIpc) is 3.25. The Bertz CT molecular complexity index is 951. The van der Waals surface area contributed by atoms with Crippen LogP contribution in [0, 0.1) is 0 Å². The van der Waals surface area contributed by atoms with Gasteiger partial charge in [-0.2, -0.15) is 0 Å². The van der Waals surface area contributed by atoms with Gasteiger partial charge in [0.25, 0.3) is 5.91 Å². The number of imide groups is 1. The number of aromatic nitrogens is 3. The minimum Gasteiger partial charge on any atom is -0.322 e. The monoisotopic (exact) mass is 382 g/mol. The van der Waals surface area contributed by atoms with Gasteiger partial charge in [0.2, 0.25) is 11.8 Å². The van der Waals surface area contributed by atoms with Gasteiger partial charge in [0.05, 0.1) is 17.6 Å². The summed E-state index contributed by atoms with van der Waals surface area (Å²) in [5, 5.41) is 10.7. The largest absolute Gasteiger partial charge is 0.322 e. The number of nitrogens with zero attached hydrogens (tertiary/aromatic N) is 5. The van der Waals surface area contributed by atoms with E-state index >= 15 is 0 Å². The molecule has 1 atom stereocenters. The zero-order valence-electron chi connectivity index (χ0n) is 15.9. The van der Waals surface area contributed by atoms with Crippen LogP contribution in [0.1, 0.15) is 34.5 Å². The fraction of sp³-hybridized carbons (Fsp3) is 0.421. The van der Waals surface area contributed by atoms with E-state index in [4.69, 9.17) is 0 Å². The van der Waals surface area contributed by atoms with Gasteiger partial charge in [-0.3, -0.25) is 19.7 Å². The van der Waals surface area contributed by atoms with Crippen LogP contribution in [0.5, 0.6) is 0 Å². The van der Waals surface area contributed by atoms with Crippen LogP contribution in [0.3, 0.4) is 0 Å². The lowest BCUT2D eigenvalue weighted by molar-refractivity contribution is -0.136. The third kappa shape index (κ3) is 3.40. The second-order valence-corrected chi connectivity index (χ2v) is 7.45. The summed E-state index contributed by atoms with van der Waals surface area (Å²) >= 11 is 0. The molecule has 1 aromatic heterocycles. The number of fused-ring (bicyclic) bond motifs is 1. The maximum Gasteiger partial charge on any atom is 0.255 e. The molecule has 2 aliphatic rings. The summed E-state index contributed by atoms with van der Waals surface area (Å²) in [6.45, 7) is 1.23. The molecule has 9 nitrogen and oxygen atoms in total. The van der Waals surface area contributed by atoms with Crippen LogP contribution in [0.4, 0.5) is 0 Å². The number of carbonyl (C=O) groups excluding carboxylic acids is 3. The maximum absolute atomic E-state index is 12.7. The van der Waals surface area contributed by atoms with Crippen LogP contribution in [-0.2, 0) is 22.6 Å². The Hall–Kier alpha value is -3.07. The van der Waals surface area contributed by atoms with Crippen molar-refractivity contribution in [3.05, 3.63) is 41.2 Å². The van der Waals surface area contributed by atoms with Crippen LogP contribution in [0.15, 0.2) is 24.4 Å². The topological polar surface area (TPSA) is 100 Å². The molecule has 2 aliphatic heterocycles. The zero-order valence-corrected chi connectivity index (χ0v) is 15.9. The molecule has 9 heteroatoms. The van der Waals surface area contributed by atoms with E-state index in [0.717, 1.165) is 29.9 Å². The molecule has 3 heterocycles. The lowest BCUT2D eigenvalue weighted by atomic mass is 10.0. The van der Waals surface area contributed by atoms with E-state index in [2.05, 4.69) is 20.5 Å². The van der Waals surface area contributed by atoms with E-state index in [1.165, 1.54) is 0 Å². The van der Waals surface area contributed by atoms with Gasteiger partial charge in [-0.15, -0.1) is 5.10 Å². The standard InChI is InChI=1S/C19H22N6O3/c1-23(2)8-7-13-11-25(22-21-13)14-3-4-15-12(9-14)10-24(19(15)28)16-5-6-17(26)20-18(16)27/h3-4,9,11,16H,5-8,10H2,1-2H3,(H,20,26,27). The minimum absolute atomic E-state index is 0.179. The minimum atomic E-state index is -0.606. The molecule has 0 radical (unpaired) electrons. The number of piperidine rings is 1. The van der Waals surface area contributed by atoms with Crippen LogP contribution < -0.4 is 5.32 Å². The van der Waals surface area contributed by atoms with E-state index in [1.807, 2.05) is 32.4 Å². The van der Waals surface area contributed by atoms with Gasteiger partial charge in [0.15, 0.2) is 0 Å². The van der Waals surface area contributed by atoms with Crippen molar-refractivity contribution in [2.75, 3.05) is 20.6 Å². The molecular formula is C19H22N6O3. The van der Waals surface area contributed by atoms with Crippen molar-refractivity contribution in [1.29, 1.82) is 0 Å². The summed E-state index contributed by atoms with van der Waals surface area (Å²) in [6.07, 6.45) is 3.30. The van der Waals surface area contributed by atoms with Crippen LogP contribution in [0.2, 0.25) is 0 Å². The van der Waals surface area contributed by atoms with Gasteiger partial charge in [-0.25, -0.2) is 4.68 Å². The summed E-state index contributed by atoms with van der Waals surface area (Å²) < 4.78 is 1.70. The molecule has 1 fully saturated rings. The third-order valence-electron chi connectivity index (χ3n) is 5.13. The van der Waals surface area contributed by atoms with Crippen molar-refractivity contribution < 1.29 is 14.4 Å². The molecule has 3 amide bonds. The first kappa shape index (κ1) is 18.3. The van der Waals surface area contributed by atoms with Gasteiger partial charge in [-0.1, -0.05) is 5.21 Å². The summed E-state index contributed by atoms with van der Waals surface area (Å²) in [5.74, 6) is -0.871. The lowest BCUT2D eigenvalue weighted by Gasteiger charge is -2.29. The predicted molar refractivity (Wildman–Crippen MR) is 99.7 cm³/mol. The summed E-state index contributed by atoms with van der Waals surface area (Å²) in [6, 6.07) is 4.89. The van der Waals surface area contributed by atoms with E-state index < -0.39 is 11.9 Å². The van der Waals surface area contributed by atoms with Crippen LogP contribution >= 0.6 is 0 Å². The maximum atomic E-state index is 12.7. The molecule has 1 saturated heterocycles. The van der Waals surface area contributed by atoms with E-state index in [1.54, 1.807) is 15.6 Å². The number of benzene rings is 1. The number of hydrogen-bond donors (Lipinski definition) is 1. The highest BCUT2D eigenvalue weighted by atomic mass is 16.2. The smallest absolute Gasteiger partial charge is 0.255 e. The van der Waals surface area contributed by atoms with E-state index in [0.29, 0.717) is 18.5 Å². The number of rotatable bonds is 5. The molecule has 1 N–H and O–H groups in total. The van der Waals surface area contributed by atoms with Gasteiger partial charge in [-0.05, 0) is 44.3 Å². The highest BCUT2D eigenvalue weighted by Gasteiger charge is 2.39. The van der Waals surface area contributed by atoms with Crippen LogP contribution in [0.25, 0.3) is 5.69 Å². The fourth-order valence-electron chi connectivity index (χ4n) is 3.58. The Labute approximate surface area is 162 Å². The number of amides is 3. The zero-order chi connectivity index (χ0) is 19.8. The molecular weight excluding hydrogens is 360 g/mol. The normalized spacial score (nSPS) is 19.3. The number of likely N-dealkylation sites (N-methyl/N-ethyl adjacent to an activating group) is 1. The van der Waals surface area contributed by atoms with Gasteiger partial charge in [0.1, 0.15) is 6.04 Å². The first-order valence-electron chi connectivity index (χ1n) is 9.26. The average molecular weight is 382 g/mol. The van der Waals surface area contributed by atoms with Crippen molar-refractivity contribution in [2.45, 2.75) is 31.8 Å². The Kier molecular flexibility index (Phi) is 4.68. The molecule has 1 unspecified atom stereocenters. The summed E-state index contributed by atoms with van der Waals surface area (Å²) in [5.41, 5.74) is 3.15. The van der Waals surface area contributed by atoms with Crippen molar-refractivity contribution in [2.24, 2.45) is 0 Å². The number of carbonyl (C=O) groups is 3. The van der Waals surface area contributed by atoms with Gasteiger partial charge >= 0.3 is 0 Å². The number of nitrogens with one attached hydrogen (secondary N) is 1.